The molecule has 12 heavy (non-hydrogen) atoms. The van der Waals surface area contributed by atoms with E-state index in [0.717, 1.165) is 0 Å². The Balaban J connectivity index is 2.60. The first-order chi connectivity index (χ1) is 5.75. The molecule has 0 aromatic carbocycles. The van der Waals surface area contributed by atoms with Gasteiger partial charge in [-0.05, 0) is 12.2 Å². The van der Waals surface area contributed by atoms with Gasteiger partial charge in [0.05, 0.1) is 6.26 Å². The molecule has 5 nitrogen and oxygen atoms in total. The summed E-state index contributed by atoms with van der Waals surface area (Å²) in [7, 11) is 0. The second-order valence-corrected chi connectivity index (χ2v) is 2.21. The van der Waals surface area contributed by atoms with Gasteiger partial charge in [-0.3, -0.25) is 4.84 Å². The molecule has 1 aliphatic heterocycles. The zero-order valence-corrected chi connectivity index (χ0v) is 6.21. The highest BCUT2D eigenvalue weighted by Gasteiger charge is 2.28. The molecule has 2 atom stereocenters. The van der Waals surface area contributed by atoms with Crippen LogP contribution in [0, 0.1) is 0 Å². The van der Waals surface area contributed by atoms with Gasteiger partial charge in [0.15, 0.2) is 6.10 Å². The maximum atomic E-state index is 10.5. The Morgan fingerprint density at radius 1 is 1.67 bits per heavy atom. The number of nitrogens with two attached hydrogens (primary N) is 1. The second kappa shape index (κ2) is 3.89. The van der Waals surface area contributed by atoms with Crippen molar-refractivity contribution in [3.05, 3.63) is 24.5 Å². The van der Waals surface area contributed by atoms with Crippen molar-refractivity contribution in [3.63, 3.8) is 0 Å². The van der Waals surface area contributed by atoms with Crippen molar-refractivity contribution in [2.75, 3.05) is 0 Å². The Morgan fingerprint density at radius 3 is 2.83 bits per heavy atom. The number of allylic oxidation sites excluding steroid dienone is 2. The highest BCUT2D eigenvalue weighted by Crippen LogP contribution is 2.09. The first-order valence-electron chi connectivity index (χ1n) is 3.33. The molecule has 66 valence electrons. The van der Waals surface area contributed by atoms with Crippen LogP contribution in [-0.4, -0.2) is 23.3 Å². The zero-order valence-electron chi connectivity index (χ0n) is 6.21. The zero-order chi connectivity index (χ0) is 8.97. The number of carboxylic acids is 1. The Hall–Kier alpha value is -1.33. The summed E-state index contributed by atoms with van der Waals surface area (Å²) in [5, 5.41) is 8.58. The summed E-state index contributed by atoms with van der Waals surface area (Å²) in [5.41, 5.74) is 0. The molecule has 0 amide bonds. The van der Waals surface area contributed by atoms with Crippen LogP contribution in [0.3, 0.4) is 0 Å². The highest BCUT2D eigenvalue weighted by atomic mass is 16.6. The molecule has 0 aliphatic carbocycles. The van der Waals surface area contributed by atoms with Gasteiger partial charge in [-0.15, -0.1) is 0 Å². The smallest absolute Gasteiger partial charge is 0.339 e. The van der Waals surface area contributed by atoms with E-state index < -0.39 is 18.2 Å². The minimum atomic E-state index is -1.16. The van der Waals surface area contributed by atoms with Gasteiger partial charge < -0.3 is 9.84 Å². The molecule has 5 heteroatoms. The average molecular weight is 171 g/mol. The molecule has 1 heterocycles. The van der Waals surface area contributed by atoms with E-state index in [9.17, 15) is 4.79 Å². The number of hydrogen-bond acceptors (Lipinski definition) is 4. The molecular weight excluding hydrogens is 162 g/mol. The van der Waals surface area contributed by atoms with Crippen molar-refractivity contribution in [2.24, 2.45) is 5.90 Å². The molecule has 1 rings (SSSR count). The summed E-state index contributed by atoms with van der Waals surface area (Å²) in [6.07, 6.45) is 4.45. The molecule has 2 unspecified atom stereocenters. The molecule has 0 radical (unpaired) electrons. The maximum Gasteiger partial charge on any atom is 0.339 e. The van der Waals surface area contributed by atoms with Gasteiger partial charge in [0.25, 0.3) is 0 Å². The first kappa shape index (κ1) is 8.76. The van der Waals surface area contributed by atoms with Gasteiger partial charge in [-0.2, -0.15) is 0 Å². The predicted molar refractivity (Wildman–Crippen MR) is 39.8 cm³/mol. The lowest BCUT2D eigenvalue weighted by Crippen LogP contribution is -2.38. The van der Waals surface area contributed by atoms with Crippen LogP contribution >= 0.6 is 0 Å². The van der Waals surface area contributed by atoms with Crippen LogP contribution in [0.1, 0.15) is 0 Å². The molecule has 0 saturated carbocycles. The molecule has 3 N–H and O–H groups in total. The SMILES string of the molecule is NOC(C(=O)O)C1C=CC=CO1. The van der Waals surface area contributed by atoms with Gasteiger partial charge in [-0.25, -0.2) is 10.7 Å². The van der Waals surface area contributed by atoms with E-state index in [0.29, 0.717) is 0 Å². The molecule has 0 bridgehead atoms. The fraction of sp³-hybridized carbons (Fsp3) is 0.286. The van der Waals surface area contributed by atoms with Crippen LogP contribution in [0.15, 0.2) is 24.5 Å². The first-order valence-corrected chi connectivity index (χ1v) is 3.33. The van der Waals surface area contributed by atoms with E-state index in [1.165, 1.54) is 6.26 Å². The number of aliphatic carboxylic acids is 1. The topological polar surface area (TPSA) is 81.8 Å². The van der Waals surface area contributed by atoms with Crippen molar-refractivity contribution in [3.8, 4) is 0 Å². The van der Waals surface area contributed by atoms with Crippen molar-refractivity contribution < 1.29 is 19.5 Å². The van der Waals surface area contributed by atoms with E-state index >= 15 is 0 Å². The second-order valence-electron chi connectivity index (χ2n) is 2.21. The third-order valence-electron chi connectivity index (χ3n) is 1.41. The van der Waals surface area contributed by atoms with Crippen LogP contribution in [0.5, 0.6) is 0 Å². The van der Waals surface area contributed by atoms with Crippen LogP contribution in [-0.2, 0) is 14.4 Å². The molecule has 0 spiro atoms. The monoisotopic (exact) mass is 171 g/mol. The molecule has 0 aromatic heterocycles. The summed E-state index contributed by atoms with van der Waals surface area (Å²) in [6, 6.07) is 0. The van der Waals surface area contributed by atoms with Crippen LogP contribution < -0.4 is 5.90 Å². The van der Waals surface area contributed by atoms with E-state index in [-0.39, 0.29) is 0 Å². The third-order valence-corrected chi connectivity index (χ3v) is 1.41. The van der Waals surface area contributed by atoms with E-state index in [4.69, 9.17) is 15.7 Å². The third kappa shape index (κ3) is 1.84. The normalized spacial score (nSPS) is 23.2. The molecular formula is C7H9NO4. The Labute approximate surface area is 69.0 Å². The largest absolute Gasteiger partial charge is 0.490 e. The minimum Gasteiger partial charge on any atom is -0.490 e. The average Bonchev–Trinajstić information content (AvgIpc) is 2.07. The summed E-state index contributed by atoms with van der Waals surface area (Å²) >= 11 is 0. The van der Waals surface area contributed by atoms with Gasteiger partial charge in [-0.1, -0.05) is 6.08 Å². The molecule has 0 aromatic rings. The fourth-order valence-electron chi connectivity index (χ4n) is 0.849. The van der Waals surface area contributed by atoms with Crippen LogP contribution in [0.4, 0.5) is 0 Å². The number of carboxylic acid groups (broad SMARTS) is 1. The molecule has 0 saturated heterocycles. The quantitative estimate of drug-likeness (QED) is 0.574. The predicted octanol–water partition coefficient (Wildman–Crippen LogP) is -0.201. The highest BCUT2D eigenvalue weighted by molar-refractivity contribution is 5.73. The number of rotatable bonds is 3. The van der Waals surface area contributed by atoms with E-state index in [2.05, 4.69) is 4.84 Å². The Morgan fingerprint density at radius 2 is 2.42 bits per heavy atom. The van der Waals surface area contributed by atoms with Crippen LogP contribution in [0.2, 0.25) is 0 Å². The number of carbonyl (C=O) groups is 1. The summed E-state index contributed by atoms with van der Waals surface area (Å²) in [5.74, 6) is 3.64. The van der Waals surface area contributed by atoms with Gasteiger partial charge >= 0.3 is 5.97 Å². The summed E-state index contributed by atoms with van der Waals surface area (Å²) < 4.78 is 4.94. The minimum absolute atomic E-state index is 0.655. The number of ether oxygens (including phenoxy) is 1. The lowest BCUT2D eigenvalue weighted by molar-refractivity contribution is -0.157. The van der Waals surface area contributed by atoms with Crippen molar-refractivity contribution in [2.45, 2.75) is 12.2 Å². The van der Waals surface area contributed by atoms with Gasteiger partial charge in [0.2, 0.25) is 6.10 Å². The fourth-order valence-corrected chi connectivity index (χ4v) is 0.849. The molecule has 1 aliphatic rings. The summed E-state index contributed by atoms with van der Waals surface area (Å²) in [4.78, 5) is 14.7. The Bertz CT molecular complexity index is 223. The van der Waals surface area contributed by atoms with Crippen molar-refractivity contribution >= 4 is 5.97 Å². The lowest BCUT2D eigenvalue weighted by atomic mass is 10.2. The van der Waals surface area contributed by atoms with Gasteiger partial charge in [0, 0.05) is 0 Å². The van der Waals surface area contributed by atoms with Crippen molar-refractivity contribution in [1.29, 1.82) is 0 Å². The summed E-state index contributed by atoms with van der Waals surface area (Å²) in [6.45, 7) is 0. The van der Waals surface area contributed by atoms with Crippen molar-refractivity contribution in [1.82, 2.24) is 0 Å². The van der Waals surface area contributed by atoms with E-state index in [1.54, 1.807) is 18.2 Å². The van der Waals surface area contributed by atoms with Crippen LogP contribution in [0.25, 0.3) is 0 Å². The molecule has 0 fully saturated rings. The van der Waals surface area contributed by atoms with E-state index in [1.807, 2.05) is 0 Å². The standard InChI is InChI=1S/C7H9NO4/c8-12-6(7(9)10)5-3-1-2-4-11-5/h1-6H,8H2,(H,9,10). The Kier molecular flexibility index (Phi) is 2.84. The number of hydrogen-bond donors (Lipinski definition) is 2. The maximum absolute atomic E-state index is 10.5. The lowest BCUT2D eigenvalue weighted by Gasteiger charge is -2.19. The van der Waals surface area contributed by atoms with Gasteiger partial charge in [0.1, 0.15) is 0 Å².